The summed E-state index contributed by atoms with van der Waals surface area (Å²) in [7, 11) is 0. The van der Waals surface area contributed by atoms with Gasteiger partial charge in [-0.3, -0.25) is 4.57 Å². The third-order valence-corrected chi connectivity index (χ3v) is 10.9. The molecule has 0 N–H and O–H groups in total. The predicted molar refractivity (Wildman–Crippen MR) is 228 cm³/mol. The molecule has 0 saturated heterocycles. The first-order valence-electron chi connectivity index (χ1n) is 17.7. The van der Waals surface area contributed by atoms with Gasteiger partial charge in [-0.05, 0) is 90.7 Å². The third-order valence-electron chi connectivity index (χ3n) is 9.79. The summed E-state index contributed by atoms with van der Waals surface area (Å²) in [5, 5.41) is 5.84. The van der Waals surface area contributed by atoms with E-state index in [-0.39, 0.29) is 0 Å². The number of hydrogen-bond acceptors (Lipinski definition) is 4. The Labute approximate surface area is 311 Å². The molecule has 9 rings (SSSR count). The van der Waals surface area contributed by atoms with E-state index in [0.29, 0.717) is 17.2 Å². The number of furan rings is 1. The largest absolute Gasteiger partial charge is 0.452 e. The maximum Gasteiger partial charge on any atom is 0.236 e. The van der Waals surface area contributed by atoms with Gasteiger partial charge < -0.3 is 4.42 Å². The van der Waals surface area contributed by atoms with Gasteiger partial charge in [-0.1, -0.05) is 110 Å². The predicted octanol–water partition coefficient (Wildman–Crippen LogP) is 13.8. The monoisotopic (exact) mass is 701 g/mol. The van der Waals surface area contributed by atoms with Gasteiger partial charge in [0.1, 0.15) is 16.8 Å². The van der Waals surface area contributed by atoms with Crippen molar-refractivity contribution in [3.63, 3.8) is 0 Å². The standard InChI is InChI=1S/C48H35N3OS/c1-5-9-18-30(8-4)32-27-33(31(16-6-2)17-7-3)29-34(28-32)45-47-46(36-20-11-14-23-40(36)52-47)50-48(49-45)51-38-22-13-10-19-35(38)43-39(51)25-26-42-44(43)37-21-12-15-24-41(37)53-42/h5-29H,2,4H2,1,3H3/b9-5-,17-7-,30-18+,31-16+. The quantitative estimate of drug-likeness (QED) is 0.148. The molecule has 0 fully saturated rings. The molecule has 0 aliphatic rings. The second-order valence-electron chi connectivity index (χ2n) is 12.9. The molecule has 0 atom stereocenters. The van der Waals surface area contributed by atoms with Crippen LogP contribution in [0.1, 0.15) is 25.0 Å². The highest BCUT2D eigenvalue weighted by atomic mass is 32.1. The zero-order chi connectivity index (χ0) is 36.1. The van der Waals surface area contributed by atoms with E-state index in [9.17, 15) is 0 Å². The van der Waals surface area contributed by atoms with Crippen LogP contribution in [0.5, 0.6) is 0 Å². The van der Waals surface area contributed by atoms with Crippen molar-refractivity contribution in [2.75, 3.05) is 0 Å². The van der Waals surface area contributed by atoms with Gasteiger partial charge in [0.05, 0.1) is 11.0 Å². The Morgan fingerprint density at radius 3 is 2.25 bits per heavy atom. The molecule has 5 aromatic carbocycles. The molecule has 4 aromatic heterocycles. The molecule has 4 nitrogen and oxygen atoms in total. The number of thiophene rings is 1. The van der Waals surface area contributed by atoms with Crippen molar-refractivity contribution >= 4 is 86.5 Å². The van der Waals surface area contributed by atoms with Crippen LogP contribution in [0.15, 0.2) is 169 Å². The Morgan fingerprint density at radius 1 is 0.698 bits per heavy atom. The lowest BCUT2D eigenvalue weighted by molar-refractivity contribution is 0.666. The van der Waals surface area contributed by atoms with Crippen LogP contribution in [-0.4, -0.2) is 14.5 Å². The van der Waals surface area contributed by atoms with Crippen LogP contribution in [0.2, 0.25) is 0 Å². The number of allylic oxidation sites excluding steroid dienone is 10. The van der Waals surface area contributed by atoms with Gasteiger partial charge in [-0.15, -0.1) is 11.3 Å². The van der Waals surface area contributed by atoms with Gasteiger partial charge in [-0.25, -0.2) is 9.97 Å². The lowest BCUT2D eigenvalue weighted by atomic mass is 9.93. The maximum atomic E-state index is 6.64. The summed E-state index contributed by atoms with van der Waals surface area (Å²) in [6.45, 7) is 12.2. The molecule has 0 spiro atoms. The SMILES string of the molecule is C=C/C=C(\C=C/C)c1cc(/C(C=C)=C/C=C\C)cc(-c2nc(-n3c4ccccc4c4c5c(ccc43)sc3ccccc35)nc3c2oc2ccccc23)c1. The van der Waals surface area contributed by atoms with E-state index < -0.39 is 0 Å². The molecule has 0 unspecified atom stereocenters. The molecule has 0 amide bonds. The van der Waals surface area contributed by atoms with Gasteiger partial charge >= 0.3 is 0 Å². The second kappa shape index (κ2) is 13.2. The summed E-state index contributed by atoms with van der Waals surface area (Å²) in [6.07, 6.45) is 16.0. The number of nitrogens with zero attached hydrogens (tertiary/aromatic N) is 3. The van der Waals surface area contributed by atoms with Crippen LogP contribution in [0.25, 0.3) is 92.4 Å². The normalized spacial score (nSPS) is 12.9. The van der Waals surface area contributed by atoms with Gasteiger partial charge in [0, 0.05) is 41.9 Å². The van der Waals surface area contributed by atoms with Gasteiger partial charge in [-0.2, -0.15) is 0 Å². The van der Waals surface area contributed by atoms with Crippen molar-refractivity contribution in [2.45, 2.75) is 13.8 Å². The molecule has 0 radical (unpaired) electrons. The van der Waals surface area contributed by atoms with Gasteiger partial charge in [0.25, 0.3) is 0 Å². The average molecular weight is 702 g/mol. The number of fused-ring (bicyclic) bond motifs is 10. The van der Waals surface area contributed by atoms with Gasteiger partial charge in [0.15, 0.2) is 5.58 Å². The van der Waals surface area contributed by atoms with Crippen LogP contribution < -0.4 is 0 Å². The summed E-state index contributed by atoms with van der Waals surface area (Å²) in [4.78, 5) is 10.8. The van der Waals surface area contributed by atoms with Crippen molar-refractivity contribution in [2.24, 2.45) is 0 Å². The number of benzene rings is 5. The molecule has 53 heavy (non-hydrogen) atoms. The third kappa shape index (κ3) is 5.28. The zero-order valence-electron chi connectivity index (χ0n) is 29.5. The van der Waals surface area contributed by atoms with Crippen molar-refractivity contribution in [1.29, 1.82) is 0 Å². The molecule has 0 aliphatic carbocycles. The minimum Gasteiger partial charge on any atom is -0.452 e. The maximum absolute atomic E-state index is 6.64. The molecule has 0 bridgehead atoms. The Balaban J connectivity index is 1.41. The lowest BCUT2D eigenvalue weighted by Gasteiger charge is -2.13. The average Bonchev–Trinajstić information content (AvgIpc) is 3.87. The second-order valence-corrected chi connectivity index (χ2v) is 14.0. The van der Waals surface area contributed by atoms with E-state index in [1.54, 1.807) is 0 Å². The van der Waals surface area contributed by atoms with Gasteiger partial charge in [0.2, 0.25) is 5.95 Å². The van der Waals surface area contributed by atoms with Crippen molar-refractivity contribution in [1.82, 2.24) is 14.5 Å². The molecule has 0 aliphatic heterocycles. The summed E-state index contributed by atoms with van der Waals surface area (Å²) in [5.74, 6) is 0.583. The summed E-state index contributed by atoms with van der Waals surface area (Å²) in [6, 6.07) is 36.4. The Kier molecular flexibility index (Phi) is 8.06. The molecule has 4 heterocycles. The Morgan fingerprint density at radius 2 is 1.45 bits per heavy atom. The van der Waals surface area contributed by atoms with Crippen molar-refractivity contribution in [3.8, 4) is 17.2 Å². The smallest absolute Gasteiger partial charge is 0.236 e. The minimum absolute atomic E-state index is 0.583. The molecular weight excluding hydrogens is 667 g/mol. The number of aromatic nitrogens is 3. The van der Waals surface area contributed by atoms with Crippen molar-refractivity contribution < 1.29 is 4.42 Å². The Bertz CT molecular complexity index is 3070. The van der Waals surface area contributed by atoms with Crippen LogP contribution in [0.3, 0.4) is 0 Å². The number of para-hydroxylation sites is 2. The zero-order valence-corrected chi connectivity index (χ0v) is 30.3. The highest BCUT2D eigenvalue weighted by molar-refractivity contribution is 7.26. The molecule has 254 valence electrons. The summed E-state index contributed by atoms with van der Waals surface area (Å²) in [5.41, 5.74) is 9.96. The van der Waals surface area contributed by atoms with E-state index in [4.69, 9.17) is 14.4 Å². The van der Waals surface area contributed by atoms with Crippen molar-refractivity contribution in [3.05, 3.63) is 176 Å². The molecule has 9 aromatic rings. The van der Waals surface area contributed by atoms with Crippen LogP contribution in [-0.2, 0) is 0 Å². The first kappa shape index (κ1) is 32.4. The summed E-state index contributed by atoms with van der Waals surface area (Å²) < 4.78 is 11.4. The molecular formula is C48H35N3OS. The molecule has 0 saturated carbocycles. The van der Waals surface area contributed by atoms with Crippen LogP contribution >= 0.6 is 11.3 Å². The van der Waals surface area contributed by atoms with E-state index in [2.05, 4.69) is 115 Å². The first-order chi connectivity index (χ1) is 26.1. The van der Waals surface area contributed by atoms with Crippen LogP contribution in [0.4, 0.5) is 0 Å². The highest BCUT2D eigenvalue weighted by Gasteiger charge is 2.23. The number of hydrogen-bond donors (Lipinski definition) is 0. The van der Waals surface area contributed by atoms with E-state index in [1.807, 2.05) is 79.8 Å². The fourth-order valence-electron chi connectivity index (χ4n) is 7.50. The first-order valence-corrected chi connectivity index (χ1v) is 18.5. The number of rotatable bonds is 8. The topological polar surface area (TPSA) is 43.9 Å². The van der Waals surface area contributed by atoms with E-state index in [1.165, 1.54) is 30.9 Å². The summed E-state index contributed by atoms with van der Waals surface area (Å²) >= 11 is 1.83. The van der Waals surface area contributed by atoms with Crippen LogP contribution in [0, 0.1) is 0 Å². The van der Waals surface area contributed by atoms with E-state index in [0.717, 1.165) is 55.4 Å². The lowest BCUT2D eigenvalue weighted by Crippen LogP contribution is -2.03. The highest BCUT2D eigenvalue weighted by Crippen LogP contribution is 2.44. The Hall–Kier alpha value is -6.56. The molecule has 5 heteroatoms. The minimum atomic E-state index is 0.583. The fraction of sp³-hybridized carbons (Fsp3) is 0.0417. The fourth-order valence-corrected chi connectivity index (χ4v) is 8.61. The van der Waals surface area contributed by atoms with E-state index >= 15 is 0 Å².